The fraction of sp³-hybridized carbons (Fsp3) is 0.933. The second-order valence-electron chi connectivity index (χ2n) is 5.96. The number of likely N-dealkylation sites (N-methyl/N-ethyl adjacent to an activating group) is 1. The topological polar surface area (TPSA) is 53.0 Å². The van der Waals surface area contributed by atoms with Gasteiger partial charge in [-0.25, -0.2) is 0 Å². The summed E-state index contributed by atoms with van der Waals surface area (Å²) in [5.74, 6) is 0.516. The Balaban J connectivity index is 2.35. The van der Waals surface area contributed by atoms with Crippen LogP contribution in [0.4, 0.5) is 0 Å². The number of carbonyl (C=O) groups excluding carboxylic acids is 1. The largest absolute Gasteiger partial charge is 0.390 e. The summed E-state index contributed by atoms with van der Waals surface area (Å²) in [6.45, 7) is 10.4. The number of morpholine rings is 1. The van der Waals surface area contributed by atoms with Crippen LogP contribution in [0.3, 0.4) is 0 Å². The van der Waals surface area contributed by atoms with Crippen molar-refractivity contribution in [3.8, 4) is 0 Å². The summed E-state index contributed by atoms with van der Waals surface area (Å²) in [5.41, 5.74) is 0. The number of ether oxygens (including phenoxy) is 1. The van der Waals surface area contributed by atoms with Gasteiger partial charge >= 0.3 is 0 Å². The summed E-state index contributed by atoms with van der Waals surface area (Å²) in [6, 6.07) is 0. The van der Waals surface area contributed by atoms with E-state index in [-0.39, 0.29) is 11.8 Å². The Labute approximate surface area is 122 Å². The maximum Gasteiger partial charge on any atom is 0.225 e. The van der Waals surface area contributed by atoms with E-state index in [9.17, 15) is 9.90 Å². The van der Waals surface area contributed by atoms with E-state index in [1.807, 2.05) is 6.92 Å². The Bertz CT molecular complexity index is 293. The van der Waals surface area contributed by atoms with Crippen molar-refractivity contribution in [3.05, 3.63) is 0 Å². The Kier molecular flexibility index (Phi) is 7.48. The number of hydrogen-bond acceptors (Lipinski definition) is 4. The van der Waals surface area contributed by atoms with Crippen molar-refractivity contribution in [2.45, 2.75) is 33.3 Å². The van der Waals surface area contributed by atoms with Crippen LogP contribution in [0.25, 0.3) is 0 Å². The smallest absolute Gasteiger partial charge is 0.225 e. The normalized spacial score (nSPS) is 21.2. The molecule has 3 unspecified atom stereocenters. The molecule has 1 aliphatic heterocycles. The molecule has 0 aromatic carbocycles. The van der Waals surface area contributed by atoms with E-state index >= 15 is 0 Å². The monoisotopic (exact) mass is 286 g/mol. The van der Waals surface area contributed by atoms with Crippen LogP contribution >= 0.6 is 0 Å². The van der Waals surface area contributed by atoms with E-state index < -0.39 is 6.10 Å². The van der Waals surface area contributed by atoms with E-state index in [2.05, 4.69) is 18.7 Å². The number of nitrogens with zero attached hydrogens (tertiary/aromatic N) is 2. The Morgan fingerprint density at radius 2 is 1.95 bits per heavy atom. The molecule has 118 valence electrons. The third kappa shape index (κ3) is 5.38. The van der Waals surface area contributed by atoms with Gasteiger partial charge in [0.1, 0.15) is 0 Å². The van der Waals surface area contributed by atoms with Crippen LogP contribution in [0.2, 0.25) is 0 Å². The van der Waals surface area contributed by atoms with Crippen molar-refractivity contribution in [3.63, 3.8) is 0 Å². The molecule has 0 saturated carbocycles. The third-order valence-electron chi connectivity index (χ3n) is 4.32. The summed E-state index contributed by atoms with van der Waals surface area (Å²) < 4.78 is 5.28. The van der Waals surface area contributed by atoms with Crippen molar-refractivity contribution in [1.82, 2.24) is 9.80 Å². The van der Waals surface area contributed by atoms with Crippen LogP contribution < -0.4 is 0 Å². The second kappa shape index (κ2) is 8.60. The van der Waals surface area contributed by atoms with Crippen LogP contribution in [0.15, 0.2) is 0 Å². The molecule has 5 nitrogen and oxygen atoms in total. The maximum absolute atomic E-state index is 12.3. The number of carbonyl (C=O) groups is 1. The molecule has 1 N–H and O–H groups in total. The number of aliphatic hydroxyl groups is 1. The number of β-amino-alcohol motifs (C(OH)–C–C–N with tert-alkyl or cyclic N) is 1. The minimum atomic E-state index is -0.494. The molecule has 0 spiro atoms. The van der Waals surface area contributed by atoms with Gasteiger partial charge in [0, 0.05) is 39.1 Å². The minimum Gasteiger partial charge on any atom is -0.390 e. The highest BCUT2D eigenvalue weighted by Gasteiger charge is 2.24. The summed E-state index contributed by atoms with van der Waals surface area (Å²) in [6.07, 6.45) is 0.503. The van der Waals surface area contributed by atoms with E-state index in [0.29, 0.717) is 19.0 Å². The summed E-state index contributed by atoms with van der Waals surface area (Å²) in [5, 5.41) is 10.1. The zero-order chi connectivity index (χ0) is 15.1. The van der Waals surface area contributed by atoms with E-state index in [1.54, 1.807) is 11.9 Å². The lowest BCUT2D eigenvalue weighted by Crippen LogP contribution is -2.46. The molecule has 1 heterocycles. The first-order valence-corrected chi connectivity index (χ1v) is 7.68. The molecule has 0 aromatic heterocycles. The Hall–Kier alpha value is -0.650. The minimum absolute atomic E-state index is 0.0144. The zero-order valence-electron chi connectivity index (χ0n) is 13.3. The summed E-state index contributed by atoms with van der Waals surface area (Å²) in [4.78, 5) is 16.1. The fourth-order valence-corrected chi connectivity index (χ4v) is 2.49. The van der Waals surface area contributed by atoms with E-state index in [0.717, 1.165) is 32.7 Å². The van der Waals surface area contributed by atoms with Crippen LogP contribution in [-0.2, 0) is 9.53 Å². The van der Waals surface area contributed by atoms with E-state index in [1.165, 1.54) is 0 Å². The van der Waals surface area contributed by atoms with Crippen LogP contribution in [-0.4, -0.2) is 73.4 Å². The van der Waals surface area contributed by atoms with Crippen molar-refractivity contribution >= 4 is 5.91 Å². The number of amides is 1. The van der Waals surface area contributed by atoms with Crippen molar-refractivity contribution in [2.75, 3.05) is 46.4 Å². The van der Waals surface area contributed by atoms with Crippen LogP contribution in [0, 0.1) is 11.8 Å². The fourth-order valence-electron chi connectivity index (χ4n) is 2.49. The molecule has 1 amide bonds. The molecular weight excluding hydrogens is 256 g/mol. The average Bonchev–Trinajstić information content (AvgIpc) is 2.45. The van der Waals surface area contributed by atoms with Crippen molar-refractivity contribution in [1.29, 1.82) is 0 Å². The SMILES string of the molecule is CCC(C)C(C)C(=O)N(C)CC(O)CN1CCOCC1. The molecule has 0 radical (unpaired) electrons. The van der Waals surface area contributed by atoms with Gasteiger partial charge < -0.3 is 14.7 Å². The number of aliphatic hydroxyl groups excluding tert-OH is 1. The molecule has 3 atom stereocenters. The first kappa shape index (κ1) is 17.4. The summed E-state index contributed by atoms with van der Waals surface area (Å²) >= 11 is 0. The molecule has 1 fully saturated rings. The van der Waals surface area contributed by atoms with Gasteiger partial charge in [0.15, 0.2) is 0 Å². The molecule has 0 bridgehead atoms. The predicted octanol–water partition coefficient (Wildman–Crippen LogP) is 0.820. The highest BCUT2D eigenvalue weighted by molar-refractivity contribution is 5.78. The molecule has 0 aliphatic carbocycles. The van der Waals surface area contributed by atoms with Gasteiger partial charge in [0.05, 0.1) is 19.3 Å². The molecule has 20 heavy (non-hydrogen) atoms. The number of rotatable bonds is 7. The highest BCUT2D eigenvalue weighted by Crippen LogP contribution is 2.16. The van der Waals surface area contributed by atoms with Crippen molar-refractivity contribution < 1.29 is 14.6 Å². The van der Waals surface area contributed by atoms with Crippen LogP contribution in [0.1, 0.15) is 27.2 Å². The third-order valence-corrected chi connectivity index (χ3v) is 4.32. The van der Waals surface area contributed by atoms with Gasteiger partial charge in [-0.3, -0.25) is 9.69 Å². The summed E-state index contributed by atoms with van der Waals surface area (Å²) in [7, 11) is 1.78. The van der Waals surface area contributed by atoms with Gasteiger partial charge in [0.2, 0.25) is 5.91 Å². The Morgan fingerprint density at radius 1 is 1.35 bits per heavy atom. The standard InChI is InChI=1S/C15H30N2O3/c1-5-12(2)13(3)15(19)16(4)10-14(18)11-17-6-8-20-9-7-17/h12-14,18H,5-11H2,1-4H3. The van der Waals surface area contributed by atoms with Gasteiger partial charge in [-0.2, -0.15) is 0 Å². The van der Waals surface area contributed by atoms with Crippen molar-refractivity contribution in [2.24, 2.45) is 11.8 Å². The quantitative estimate of drug-likeness (QED) is 0.753. The lowest BCUT2D eigenvalue weighted by atomic mass is 9.92. The van der Waals surface area contributed by atoms with Crippen LogP contribution in [0.5, 0.6) is 0 Å². The van der Waals surface area contributed by atoms with Gasteiger partial charge in [-0.1, -0.05) is 27.2 Å². The lowest BCUT2D eigenvalue weighted by Gasteiger charge is -2.31. The number of hydrogen-bond donors (Lipinski definition) is 1. The highest BCUT2D eigenvalue weighted by atomic mass is 16.5. The molecular formula is C15H30N2O3. The maximum atomic E-state index is 12.3. The average molecular weight is 286 g/mol. The molecule has 0 aromatic rings. The second-order valence-corrected chi connectivity index (χ2v) is 5.96. The zero-order valence-corrected chi connectivity index (χ0v) is 13.3. The predicted molar refractivity (Wildman–Crippen MR) is 79.5 cm³/mol. The Morgan fingerprint density at radius 3 is 2.50 bits per heavy atom. The lowest BCUT2D eigenvalue weighted by molar-refractivity contribution is -0.136. The van der Waals surface area contributed by atoms with Gasteiger partial charge in [0.25, 0.3) is 0 Å². The molecule has 1 rings (SSSR count). The van der Waals surface area contributed by atoms with E-state index in [4.69, 9.17) is 4.74 Å². The first-order valence-electron chi connectivity index (χ1n) is 7.68. The first-order chi connectivity index (χ1) is 9.45. The van der Waals surface area contributed by atoms with Gasteiger partial charge in [-0.15, -0.1) is 0 Å². The van der Waals surface area contributed by atoms with Gasteiger partial charge in [-0.05, 0) is 5.92 Å². The molecule has 1 aliphatic rings. The molecule has 1 saturated heterocycles. The molecule has 5 heteroatoms.